The summed E-state index contributed by atoms with van der Waals surface area (Å²) in [6.07, 6.45) is 0. The number of hydrogen-bond acceptors (Lipinski definition) is 2. The Morgan fingerprint density at radius 2 is 1.95 bits per heavy atom. The molecule has 0 atom stereocenters. The standard InChI is InChI=1S/C14H10Cl2FNOS/c15-10-5-4-9(17)6-8(10)7-19-12-3-1-2-11(16)13(12)14(18)20/h1-6H,7H2,(H2,18,20). The lowest BCUT2D eigenvalue weighted by molar-refractivity contribution is 0.305. The molecule has 0 spiro atoms. The Bertz CT molecular complexity index is 664. The number of hydrogen-bond donors (Lipinski definition) is 1. The third-order valence-corrected chi connectivity index (χ3v) is 3.50. The Kier molecular flexibility index (Phi) is 4.81. The summed E-state index contributed by atoms with van der Waals surface area (Å²) in [5.41, 5.74) is 6.60. The smallest absolute Gasteiger partial charge is 0.131 e. The number of benzene rings is 2. The van der Waals surface area contributed by atoms with E-state index < -0.39 is 0 Å². The SMILES string of the molecule is NC(=S)c1c(Cl)cccc1OCc1cc(F)ccc1Cl. The molecule has 2 aromatic carbocycles. The van der Waals surface area contributed by atoms with Crippen molar-refractivity contribution in [2.75, 3.05) is 0 Å². The minimum absolute atomic E-state index is 0.0898. The molecule has 0 aliphatic carbocycles. The van der Waals surface area contributed by atoms with E-state index in [1.54, 1.807) is 18.2 Å². The Morgan fingerprint density at radius 1 is 1.20 bits per heavy atom. The summed E-state index contributed by atoms with van der Waals surface area (Å²) in [5.74, 6) is 0.0546. The molecule has 6 heteroatoms. The molecule has 0 saturated heterocycles. The van der Waals surface area contributed by atoms with E-state index in [-0.39, 0.29) is 17.4 Å². The average molecular weight is 330 g/mol. The van der Waals surface area contributed by atoms with E-state index in [1.807, 2.05) is 0 Å². The predicted octanol–water partition coefficient (Wildman–Crippen LogP) is 4.35. The molecule has 0 aliphatic rings. The Hall–Kier alpha value is -1.36. The van der Waals surface area contributed by atoms with Crippen LogP contribution in [0.5, 0.6) is 5.75 Å². The largest absolute Gasteiger partial charge is 0.488 e. The van der Waals surface area contributed by atoms with Gasteiger partial charge in [-0.15, -0.1) is 0 Å². The molecule has 2 aromatic rings. The van der Waals surface area contributed by atoms with Crippen LogP contribution in [0.2, 0.25) is 10.0 Å². The number of thiocarbonyl (C=S) groups is 1. The fraction of sp³-hybridized carbons (Fsp3) is 0.0714. The number of halogens is 3. The van der Waals surface area contributed by atoms with Crippen LogP contribution in [0.4, 0.5) is 4.39 Å². The van der Waals surface area contributed by atoms with Gasteiger partial charge in [0.1, 0.15) is 23.2 Å². The molecular formula is C14H10Cl2FNOS. The van der Waals surface area contributed by atoms with Gasteiger partial charge < -0.3 is 10.5 Å². The van der Waals surface area contributed by atoms with E-state index in [2.05, 4.69) is 0 Å². The summed E-state index contributed by atoms with van der Waals surface area (Å²) >= 11 is 16.9. The Balaban J connectivity index is 2.25. The second-order valence-corrected chi connectivity index (χ2v) is 5.26. The van der Waals surface area contributed by atoms with Crippen LogP contribution >= 0.6 is 35.4 Å². The fourth-order valence-corrected chi connectivity index (χ4v) is 2.38. The molecule has 2 rings (SSSR count). The average Bonchev–Trinajstić information content (AvgIpc) is 2.39. The second-order valence-electron chi connectivity index (χ2n) is 4.00. The number of ether oxygens (including phenoxy) is 1. The lowest BCUT2D eigenvalue weighted by Gasteiger charge is -2.12. The first-order chi connectivity index (χ1) is 9.49. The van der Waals surface area contributed by atoms with Crippen molar-refractivity contribution in [1.29, 1.82) is 0 Å². The molecule has 2 N–H and O–H groups in total. The summed E-state index contributed by atoms with van der Waals surface area (Å²) in [7, 11) is 0. The van der Waals surface area contributed by atoms with Gasteiger partial charge in [0, 0.05) is 10.6 Å². The van der Waals surface area contributed by atoms with Crippen molar-refractivity contribution in [2.45, 2.75) is 6.61 Å². The summed E-state index contributed by atoms with van der Waals surface area (Å²) in [4.78, 5) is 0.135. The molecular weight excluding hydrogens is 320 g/mol. The number of rotatable bonds is 4. The van der Waals surface area contributed by atoms with Crippen LogP contribution in [-0.2, 0) is 6.61 Å². The molecule has 0 fully saturated rings. The maximum Gasteiger partial charge on any atom is 0.131 e. The van der Waals surface area contributed by atoms with E-state index in [4.69, 9.17) is 45.9 Å². The van der Waals surface area contributed by atoms with Crippen LogP contribution in [0.15, 0.2) is 36.4 Å². The molecule has 20 heavy (non-hydrogen) atoms. The highest BCUT2D eigenvalue weighted by molar-refractivity contribution is 7.80. The van der Waals surface area contributed by atoms with Gasteiger partial charge in [0.2, 0.25) is 0 Å². The van der Waals surface area contributed by atoms with E-state index in [0.29, 0.717) is 26.9 Å². The monoisotopic (exact) mass is 329 g/mol. The summed E-state index contributed by atoms with van der Waals surface area (Å²) in [6, 6.07) is 9.14. The zero-order chi connectivity index (χ0) is 14.7. The van der Waals surface area contributed by atoms with Crippen LogP contribution in [0, 0.1) is 5.82 Å². The third-order valence-electron chi connectivity index (χ3n) is 2.61. The summed E-state index contributed by atoms with van der Waals surface area (Å²) in [5, 5.41) is 0.825. The van der Waals surface area contributed by atoms with Crippen molar-refractivity contribution in [3.8, 4) is 5.75 Å². The van der Waals surface area contributed by atoms with Crippen LogP contribution in [0.3, 0.4) is 0 Å². The zero-order valence-electron chi connectivity index (χ0n) is 10.2. The van der Waals surface area contributed by atoms with Crippen LogP contribution in [-0.4, -0.2) is 4.99 Å². The summed E-state index contributed by atoms with van der Waals surface area (Å²) in [6.45, 7) is 0.0898. The zero-order valence-corrected chi connectivity index (χ0v) is 12.5. The van der Waals surface area contributed by atoms with Crippen molar-refractivity contribution in [1.82, 2.24) is 0 Å². The first kappa shape index (κ1) is 15.0. The van der Waals surface area contributed by atoms with Crippen molar-refractivity contribution >= 4 is 40.4 Å². The molecule has 0 unspecified atom stereocenters. The van der Waals surface area contributed by atoms with E-state index in [0.717, 1.165) is 0 Å². The van der Waals surface area contributed by atoms with E-state index in [1.165, 1.54) is 18.2 Å². The van der Waals surface area contributed by atoms with Gasteiger partial charge in [-0.25, -0.2) is 4.39 Å². The van der Waals surface area contributed by atoms with E-state index in [9.17, 15) is 4.39 Å². The normalized spacial score (nSPS) is 10.3. The van der Waals surface area contributed by atoms with Crippen LogP contribution < -0.4 is 10.5 Å². The van der Waals surface area contributed by atoms with Crippen molar-refractivity contribution < 1.29 is 9.13 Å². The third kappa shape index (κ3) is 3.39. The first-order valence-corrected chi connectivity index (χ1v) is 6.80. The Labute approximate surface area is 131 Å². The molecule has 0 radical (unpaired) electrons. The molecule has 0 aliphatic heterocycles. The first-order valence-electron chi connectivity index (χ1n) is 5.64. The summed E-state index contributed by atoms with van der Waals surface area (Å²) < 4.78 is 18.8. The molecule has 0 bridgehead atoms. The van der Waals surface area contributed by atoms with Gasteiger partial charge in [-0.05, 0) is 30.3 Å². The molecule has 2 nitrogen and oxygen atoms in total. The lowest BCUT2D eigenvalue weighted by Crippen LogP contribution is -2.12. The predicted molar refractivity (Wildman–Crippen MR) is 83.1 cm³/mol. The molecule has 0 saturated carbocycles. The number of nitrogens with two attached hydrogens (primary N) is 1. The topological polar surface area (TPSA) is 35.2 Å². The van der Waals surface area contributed by atoms with Gasteiger partial charge in [0.05, 0.1) is 10.6 Å². The highest BCUT2D eigenvalue weighted by Gasteiger charge is 2.12. The maximum absolute atomic E-state index is 13.2. The van der Waals surface area contributed by atoms with Gasteiger partial charge in [-0.3, -0.25) is 0 Å². The molecule has 0 amide bonds. The highest BCUT2D eigenvalue weighted by atomic mass is 35.5. The molecule has 0 aromatic heterocycles. The van der Waals surface area contributed by atoms with Gasteiger partial charge in [0.25, 0.3) is 0 Å². The quantitative estimate of drug-likeness (QED) is 0.847. The van der Waals surface area contributed by atoms with E-state index >= 15 is 0 Å². The minimum Gasteiger partial charge on any atom is -0.488 e. The van der Waals surface area contributed by atoms with Crippen LogP contribution in [0.1, 0.15) is 11.1 Å². The van der Waals surface area contributed by atoms with Crippen molar-refractivity contribution in [3.63, 3.8) is 0 Å². The molecule has 104 valence electrons. The lowest BCUT2D eigenvalue weighted by atomic mass is 10.2. The van der Waals surface area contributed by atoms with Crippen LogP contribution in [0.25, 0.3) is 0 Å². The van der Waals surface area contributed by atoms with Gasteiger partial charge in [-0.2, -0.15) is 0 Å². The van der Waals surface area contributed by atoms with Crippen molar-refractivity contribution in [3.05, 3.63) is 63.4 Å². The molecule has 0 heterocycles. The van der Waals surface area contributed by atoms with Gasteiger partial charge in [0.15, 0.2) is 0 Å². The maximum atomic E-state index is 13.2. The minimum atomic E-state index is -0.381. The Morgan fingerprint density at radius 3 is 2.65 bits per heavy atom. The second kappa shape index (κ2) is 6.39. The fourth-order valence-electron chi connectivity index (χ4n) is 1.67. The van der Waals surface area contributed by atoms with Gasteiger partial charge >= 0.3 is 0 Å². The van der Waals surface area contributed by atoms with Gasteiger partial charge in [-0.1, -0.05) is 41.5 Å². The van der Waals surface area contributed by atoms with Crippen molar-refractivity contribution in [2.24, 2.45) is 5.73 Å². The highest BCUT2D eigenvalue weighted by Crippen LogP contribution is 2.28.